The molecule has 0 saturated carbocycles. The number of aryl methyl sites for hydroxylation is 1. The quantitative estimate of drug-likeness (QED) is 0.806. The van der Waals surface area contributed by atoms with Crippen molar-refractivity contribution in [2.45, 2.75) is 33.1 Å². The van der Waals surface area contributed by atoms with Crippen LogP contribution in [-0.4, -0.2) is 5.91 Å². The van der Waals surface area contributed by atoms with Gasteiger partial charge in [0.05, 0.1) is 0 Å². The summed E-state index contributed by atoms with van der Waals surface area (Å²) in [4.78, 5) is 10.9. The molecule has 1 aromatic carbocycles. The molecule has 0 radical (unpaired) electrons. The van der Waals surface area contributed by atoms with Gasteiger partial charge in [-0.25, -0.2) is 0 Å². The van der Waals surface area contributed by atoms with E-state index in [1.54, 1.807) is 0 Å². The lowest BCUT2D eigenvalue weighted by Crippen LogP contribution is -2.18. The van der Waals surface area contributed by atoms with E-state index in [0.717, 1.165) is 0 Å². The highest BCUT2D eigenvalue weighted by Crippen LogP contribution is 2.28. The summed E-state index contributed by atoms with van der Waals surface area (Å²) < 4.78 is 0. The molecular formula is C13H19NO. The summed E-state index contributed by atoms with van der Waals surface area (Å²) >= 11 is 0. The second-order valence-electron chi connectivity index (χ2n) is 4.29. The monoisotopic (exact) mass is 205 g/mol. The third kappa shape index (κ3) is 3.08. The Hall–Kier alpha value is -1.31. The Kier molecular flexibility index (Phi) is 3.89. The summed E-state index contributed by atoms with van der Waals surface area (Å²) in [6.07, 6.45) is 0.454. The van der Waals surface area contributed by atoms with Crippen molar-refractivity contribution in [3.05, 3.63) is 35.4 Å². The Balaban J connectivity index is 2.80. The predicted octanol–water partition coefficient (Wildman–Crippen LogP) is 2.61. The molecule has 15 heavy (non-hydrogen) atoms. The molecule has 0 aliphatic carbocycles. The van der Waals surface area contributed by atoms with Gasteiger partial charge in [0.15, 0.2) is 0 Å². The number of carbonyl (C=O) groups excluding carboxylic acids is 1. The average Bonchev–Trinajstić information content (AvgIpc) is 2.16. The molecule has 2 unspecified atom stereocenters. The molecule has 82 valence electrons. The van der Waals surface area contributed by atoms with Gasteiger partial charge in [-0.3, -0.25) is 4.79 Å². The fourth-order valence-electron chi connectivity index (χ4n) is 1.90. The number of primary amides is 1. The number of carbonyl (C=O) groups is 1. The Morgan fingerprint density at radius 1 is 1.33 bits per heavy atom. The summed E-state index contributed by atoms with van der Waals surface area (Å²) in [5, 5.41) is 0. The van der Waals surface area contributed by atoms with E-state index in [1.807, 2.05) is 12.1 Å². The highest BCUT2D eigenvalue weighted by molar-refractivity contribution is 5.74. The molecule has 2 N–H and O–H groups in total. The molecule has 0 saturated heterocycles. The van der Waals surface area contributed by atoms with Gasteiger partial charge < -0.3 is 5.73 Å². The summed E-state index contributed by atoms with van der Waals surface area (Å²) in [6.45, 7) is 6.32. The second-order valence-corrected chi connectivity index (χ2v) is 4.29. The van der Waals surface area contributed by atoms with E-state index in [9.17, 15) is 4.79 Å². The smallest absolute Gasteiger partial charge is 0.217 e. The van der Waals surface area contributed by atoms with Gasteiger partial charge in [0.2, 0.25) is 5.91 Å². The highest BCUT2D eigenvalue weighted by atomic mass is 16.1. The van der Waals surface area contributed by atoms with Crippen molar-refractivity contribution in [1.82, 2.24) is 0 Å². The predicted molar refractivity (Wildman–Crippen MR) is 62.6 cm³/mol. The zero-order valence-corrected chi connectivity index (χ0v) is 9.66. The minimum absolute atomic E-state index is 0.220. The zero-order chi connectivity index (χ0) is 11.4. The van der Waals surface area contributed by atoms with Crippen LogP contribution in [0.5, 0.6) is 0 Å². The number of benzene rings is 1. The number of rotatable bonds is 4. The van der Waals surface area contributed by atoms with Crippen molar-refractivity contribution in [1.29, 1.82) is 0 Å². The lowest BCUT2D eigenvalue weighted by Gasteiger charge is -2.20. The molecule has 0 fully saturated rings. The van der Waals surface area contributed by atoms with E-state index in [0.29, 0.717) is 18.3 Å². The van der Waals surface area contributed by atoms with Crippen molar-refractivity contribution in [2.24, 2.45) is 11.7 Å². The Bertz CT molecular complexity index is 346. The highest BCUT2D eigenvalue weighted by Gasteiger charge is 2.17. The van der Waals surface area contributed by atoms with Crippen molar-refractivity contribution in [2.75, 3.05) is 0 Å². The van der Waals surface area contributed by atoms with Crippen LogP contribution < -0.4 is 5.73 Å². The van der Waals surface area contributed by atoms with Crippen molar-refractivity contribution in [3.8, 4) is 0 Å². The number of hydrogen-bond donors (Lipinski definition) is 1. The van der Waals surface area contributed by atoms with Crippen molar-refractivity contribution in [3.63, 3.8) is 0 Å². The minimum atomic E-state index is -0.220. The van der Waals surface area contributed by atoms with E-state index in [2.05, 4.69) is 32.9 Å². The van der Waals surface area contributed by atoms with E-state index in [1.165, 1.54) is 11.1 Å². The lowest BCUT2D eigenvalue weighted by molar-refractivity contribution is -0.118. The first-order chi connectivity index (χ1) is 7.02. The fraction of sp³-hybridized carbons (Fsp3) is 0.462. The zero-order valence-electron chi connectivity index (χ0n) is 9.66. The van der Waals surface area contributed by atoms with Gasteiger partial charge in [-0.05, 0) is 29.9 Å². The number of amides is 1. The summed E-state index contributed by atoms with van der Waals surface area (Å²) in [5.41, 5.74) is 7.80. The third-order valence-corrected chi connectivity index (χ3v) is 3.06. The Morgan fingerprint density at radius 3 is 2.47 bits per heavy atom. The van der Waals surface area contributed by atoms with E-state index in [-0.39, 0.29) is 5.91 Å². The van der Waals surface area contributed by atoms with Crippen LogP contribution in [-0.2, 0) is 4.79 Å². The van der Waals surface area contributed by atoms with E-state index < -0.39 is 0 Å². The summed E-state index contributed by atoms with van der Waals surface area (Å²) in [7, 11) is 0. The molecule has 0 aliphatic rings. The normalized spacial score (nSPS) is 14.6. The van der Waals surface area contributed by atoms with Gasteiger partial charge in [-0.2, -0.15) is 0 Å². The van der Waals surface area contributed by atoms with Crippen molar-refractivity contribution >= 4 is 5.91 Å². The molecule has 2 atom stereocenters. The minimum Gasteiger partial charge on any atom is -0.370 e. The van der Waals surface area contributed by atoms with E-state index >= 15 is 0 Å². The number of hydrogen-bond acceptors (Lipinski definition) is 1. The first-order valence-corrected chi connectivity index (χ1v) is 5.36. The second kappa shape index (κ2) is 4.96. The third-order valence-electron chi connectivity index (χ3n) is 3.06. The number of nitrogens with two attached hydrogens (primary N) is 1. The summed E-state index contributed by atoms with van der Waals surface area (Å²) in [5.74, 6) is 0.449. The first-order valence-electron chi connectivity index (χ1n) is 5.36. The topological polar surface area (TPSA) is 43.1 Å². The maximum atomic E-state index is 10.9. The van der Waals surface area contributed by atoms with Crippen LogP contribution in [0.4, 0.5) is 0 Å². The SMILES string of the molecule is Cc1ccccc1C(C)C(C)CC(N)=O. The van der Waals surface area contributed by atoms with Crippen LogP contribution in [0, 0.1) is 12.8 Å². The first kappa shape index (κ1) is 11.8. The maximum Gasteiger partial charge on any atom is 0.217 e. The maximum absolute atomic E-state index is 10.9. The van der Waals surface area contributed by atoms with Gasteiger partial charge >= 0.3 is 0 Å². The molecule has 2 nitrogen and oxygen atoms in total. The molecule has 0 heterocycles. The molecule has 1 amide bonds. The molecule has 1 rings (SSSR count). The Morgan fingerprint density at radius 2 is 1.93 bits per heavy atom. The van der Waals surface area contributed by atoms with Gasteiger partial charge in [-0.1, -0.05) is 38.1 Å². The molecule has 0 aliphatic heterocycles. The molecule has 2 heteroatoms. The Labute approximate surface area is 91.5 Å². The summed E-state index contributed by atoms with van der Waals surface area (Å²) in [6, 6.07) is 8.29. The van der Waals surface area contributed by atoms with E-state index in [4.69, 9.17) is 5.73 Å². The van der Waals surface area contributed by atoms with Crippen LogP contribution in [0.1, 0.15) is 37.3 Å². The van der Waals surface area contributed by atoms with Gasteiger partial charge in [0.25, 0.3) is 0 Å². The van der Waals surface area contributed by atoms with Gasteiger partial charge in [-0.15, -0.1) is 0 Å². The molecular weight excluding hydrogens is 186 g/mol. The molecule has 1 aromatic rings. The molecule has 0 spiro atoms. The van der Waals surface area contributed by atoms with Crippen LogP contribution in [0.15, 0.2) is 24.3 Å². The van der Waals surface area contributed by atoms with Crippen molar-refractivity contribution < 1.29 is 4.79 Å². The van der Waals surface area contributed by atoms with Gasteiger partial charge in [0.1, 0.15) is 0 Å². The van der Waals surface area contributed by atoms with Gasteiger partial charge in [0, 0.05) is 6.42 Å². The lowest BCUT2D eigenvalue weighted by atomic mass is 9.84. The molecule has 0 aromatic heterocycles. The fourth-order valence-corrected chi connectivity index (χ4v) is 1.90. The van der Waals surface area contributed by atoms with Crippen LogP contribution in [0.2, 0.25) is 0 Å². The van der Waals surface area contributed by atoms with Crippen LogP contribution in [0.25, 0.3) is 0 Å². The standard InChI is InChI=1S/C13H19NO/c1-9-6-4-5-7-12(9)11(3)10(2)8-13(14)15/h4-7,10-11H,8H2,1-3H3,(H2,14,15). The largest absolute Gasteiger partial charge is 0.370 e. The van der Waals surface area contributed by atoms with Crippen LogP contribution >= 0.6 is 0 Å². The average molecular weight is 205 g/mol. The molecule has 0 bridgehead atoms. The van der Waals surface area contributed by atoms with Crippen LogP contribution in [0.3, 0.4) is 0 Å².